The molecule has 1 aromatic heterocycles. The van der Waals surface area contributed by atoms with Crippen LogP contribution in [0.25, 0.3) is 11.0 Å². The number of aromatic nitrogens is 3. The largest absolute Gasteiger partial charge is 0.478 e. The Bertz CT molecular complexity index is 596. The molecule has 7 heteroatoms. The number of ether oxygens (including phenoxy) is 1. The van der Waals surface area contributed by atoms with Crippen molar-refractivity contribution in [1.29, 1.82) is 0 Å². The van der Waals surface area contributed by atoms with Gasteiger partial charge in [0.05, 0.1) is 24.2 Å². The standard InChI is InChI=1S/C13H18N4O3/c1-16(8-9-20-2)6-7-17-11-5-3-4-10(13(18)19)12(11)14-15-17/h3-5H,6-9H2,1-2H3,(H,18,19). The molecule has 0 atom stereocenters. The number of likely N-dealkylation sites (N-methyl/N-ethyl adjacent to an activating group) is 1. The molecule has 0 bridgehead atoms. The van der Waals surface area contributed by atoms with E-state index < -0.39 is 5.97 Å². The van der Waals surface area contributed by atoms with Gasteiger partial charge in [-0.2, -0.15) is 0 Å². The summed E-state index contributed by atoms with van der Waals surface area (Å²) in [5, 5.41) is 17.1. The number of carboxylic acid groups (broad SMARTS) is 1. The molecule has 1 heterocycles. The summed E-state index contributed by atoms with van der Waals surface area (Å²) in [6, 6.07) is 5.08. The Morgan fingerprint density at radius 2 is 2.25 bits per heavy atom. The van der Waals surface area contributed by atoms with Crippen molar-refractivity contribution in [2.45, 2.75) is 6.54 Å². The minimum Gasteiger partial charge on any atom is -0.478 e. The molecule has 1 aromatic carbocycles. The van der Waals surface area contributed by atoms with Gasteiger partial charge < -0.3 is 14.7 Å². The van der Waals surface area contributed by atoms with E-state index in [1.807, 2.05) is 13.1 Å². The highest BCUT2D eigenvalue weighted by Crippen LogP contribution is 2.15. The Morgan fingerprint density at radius 3 is 2.95 bits per heavy atom. The lowest BCUT2D eigenvalue weighted by atomic mass is 10.2. The second-order valence-electron chi connectivity index (χ2n) is 4.59. The molecule has 0 amide bonds. The number of benzene rings is 1. The molecule has 0 fully saturated rings. The summed E-state index contributed by atoms with van der Waals surface area (Å²) in [5.74, 6) is -0.986. The molecule has 20 heavy (non-hydrogen) atoms. The maximum atomic E-state index is 11.1. The first-order valence-electron chi connectivity index (χ1n) is 6.36. The number of carboxylic acids is 1. The Balaban J connectivity index is 2.12. The van der Waals surface area contributed by atoms with Crippen LogP contribution in [0.2, 0.25) is 0 Å². The van der Waals surface area contributed by atoms with Crippen LogP contribution in [-0.4, -0.2) is 64.8 Å². The third-order valence-electron chi connectivity index (χ3n) is 3.15. The lowest BCUT2D eigenvalue weighted by molar-refractivity contribution is 0.0699. The molecule has 0 aliphatic heterocycles. The van der Waals surface area contributed by atoms with E-state index >= 15 is 0 Å². The zero-order chi connectivity index (χ0) is 14.5. The van der Waals surface area contributed by atoms with Crippen LogP contribution in [0.3, 0.4) is 0 Å². The summed E-state index contributed by atoms with van der Waals surface area (Å²) in [5.41, 5.74) is 1.35. The molecule has 0 aliphatic carbocycles. The molecule has 0 unspecified atom stereocenters. The number of rotatable bonds is 7. The second-order valence-corrected chi connectivity index (χ2v) is 4.59. The smallest absolute Gasteiger partial charge is 0.338 e. The molecule has 0 aliphatic rings. The van der Waals surface area contributed by atoms with E-state index in [9.17, 15) is 4.79 Å². The van der Waals surface area contributed by atoms with E-state index in [1.54, 1.807) is 17.9 Å². The van der Waals surface area contributed by atoms with Crippen molar-refractivity contribution in [2.24, 2.45) is 0 Å². The van der Waals surface area contributed by atoms with Crippen molar-refractivity contribution >= 4 is 17.0 Å². The Kier molecular flexibility index (Phi) is 4.65. The summed E-state index contributed by atoms with van der Waals surface area (Å²) < 4.78 is 6.75. The first kappa shape index (κ1) is 14.4. The predicted octanol–water partition coefficient (Wildman–Crippen LogP) is 0.708. The summed E-state index contributed by atoms with van der Waals surface area (Å²) in [4.78, 5) is 13.2. The first-order valence-corrected chi connectivity index (χ1v) is 6.36. The van der Waals surface area contributed by atoms with Crippen molar-refractivity contribution in [1.82, 2.24) is 19.9 Å². The van der Waals surface area contributed by atoms with Crippen molar-refractivity contribution in [3.8, 4) is 0 Å². The van der Waals surface area contributed by atoms with E-state index in [4.69, 9.17) is 9.84 Å². The molecule has 0 spiro atoms. The van der Waals surface area contributed by atoms with Crippen molar-refractivity contribution in [2.75, 3.05) is 33.9 Å². The molecular weight excluding hydrogens is 260 g/mol. The quantitative estimate of drug-likeness (QED) is 0.803. The lowest BCUT2D eigenvalue weighted by Crippen LogP contribution is -2.27. The number of nitrogens with zero attached hydrogens (tertiary/aromatic N) is 4. The van der Waals surface area contributed by atoms with E-state index in [0.717, 1.165) is 18.6 Å². The normalized spacial score (nSPS) is 11.3. The topological polar surface area (TPSA) is 80.5 Å². The third kappa shape index (κ3) is 3.12. The maximum Gasteiger partial charge on any atom is 0.338 e. The second kappa shape index (κ2) is 6.44. The van der Waals surface area contributed by atoms with Crippen molar-refractivity contribution in [3.05, 3.63) is 23.8 Å². The fraction of sp³-hybridized carbons (Fsp3) is 0.462. The van der Waals surface area contributed by atoms with Crippen LogP contribution in [0.1, 0.15) is 10.4 Å². The zero-order valence-corrected chi connectivity index (χ0v) is 11.6. The summed E-state index contributed by atoms with van der Waals surface area (Å²) in [6.07, 6.45) is 0. The number of fused-ring (bicyclic) bond motifs is 1. The number of aromatic carboxylic acids is 1. The minimum absolute atomic E-state index is 0.182. The van der Waals surface area contributed by atoms with Gasteiger partial charge in [-0.05, 0) is 19.2 Å². The summed E-state index contributed by atoms with van der Waals surface area (Å²) in [6.45, 7) is 2.96. The highest BCUT2D eigenvalue weighted by atomic mass is 16.5. The van der Waals surface area contributed by atoms with Gasteiger partial charge in [-0.15, -0.1) is 5.10 Å². The van der Waals surface area contributed by atoms with Gasteiger partial charge in [-0.25, -0.2) is 9.48 Å². The molecule has 108 valence electrons. The fourth-order valence-electron chi connectivity index (χ4n) is 1.95. The monoisotopic (exact) mass is 278 g/mol. The maximum absolute atomic E-state index is 11.1. The van der Waals surface area contributed by atoms with Gasteiger partial charge in [-0.1, -0.05) is 11.3 Å². The van der Waals surface area contributed by atoms with E-state index in [-0.39, 0.29) is 5.56 Å². The first-order chi connectivity index (χ1) is 9.63. The van der Waals surface area contributed by atoms with Crippen LogP contribution in [0.5, 0.6) is 0 Å². The van der Waals surface area contributed by atoms with Gasteiger partial charge >= 0.3 is 5.97 Å². The fourth-order valence-corrected chi connectivity index (χ4v) is 1.95. The van der Waals surface area contributed by atoms with Crippen LogP contribution in [0.15, 0.2) is 18.2 Å². The van der Waals surface area contributed by atoms with Crippen LogP contribution in [-0.2, 0) is 11.3 Å². The van der Waals surface area contributed by atoms with Crippen molar-refractivity contribution in [3.63, 3.8) is 0 Å². The summed E-state index contributed by atoms with van der Waals surface area (Å²) >= 11 is 0. The minimum atomic E-state index is -0.986. The molecule has 7 nitrogen and oxygen atoms in total. The lowest BCUT2D eigenvalue weighted by Gasteiger charge is -2.15. The van der Waals surface area contributed by atoms with E-state index in [1.165, 1.54) is 6.07 Å². The SMILES string of the molecule is COCCN(C)CCn1nnc2c(C(=O)O)cccc21. The third-order valence-corrected chi connectivity index (χ3v) is 3.15. The molecule has 0 saturated carbocycles. The van der Waals surface area contributed by atoms with Crippen LogP contribution < -0.4 is 0 Å². The molecule has 0 saturated heterocycles. The Labute approximate surface area is 116 Å². The molecule has 2 aromatic rings. The number of hydrogen-bond donors (Lipinski definition) is 1. The van der Waals surface area contributed by atoms with Gasteiger partial charge in [0.25, 0.3) is 0 Å². The average molecular weight is 278 g/mol. The van der Waals surface area contributed by atoms with Gasteiger partial charge in [0.1, 0.15) is 5.52 Å². The zero-order valence-electron chi connectivity index (χ0n) is 11.6. The van der Waals surface area contributed by atoms with Gasteiger partial charge in [0, 0.05) is 20.2 Å². The van der Waals surface area contributed by atoms with Gasteiger partial charge in [0.15, 0.2) is 0 Å². The highest BCUT2D eigenvalue weighted by Gasteiger charge is 2.13. The Hall–Kier alpha value is -1.99. The van der Waals surface area contributed by atoms with Crippen molar-refractivity contribution < 1.29 is 14.6 Å². The summed E-state index contributed by atoms with van der Waals surface area (Å²) in [7, 11) is 3.67. The van der Waals surface area contributed by atoms with Crippen LogP contribution >= 0.6 is 0 Å². The Morgan fingerprint density at radius 1 is 1.45 bits per heavy atom. The molecule has 2 rings (SSSR count). The number of methoxy groups -OCH3 is 1. The molecule has 0 radical (unpaired) electrons. The number of carbonyl (C=O) groups is 1. The van der Waals surface area contributed by atoms with E-state index in [0.29, 0.717) is 18.7 Å². The van der Waals surface area contributed by atoms with E-state index in [2.05, 4.69) is 15.2 Å². The van der Waals surface area contributed by atoms with Gasteiger partial charge in [0.2, 0.25) is 0 Å². The van der Waals surface area contributed by atoms with Crippen LogP contribution in [0.4, 0.5) is 0 Å². The molecule has 1 N–H and O–H groups in total. The highest BCUT2D eigenvalue weighted by molar-refractivity contribution is 6.00. The van der Waals surface area contributed by atoms with Gasteiger partial charge in [-0.3, -0.25) is 0 Å². The van der Waals surface area contributed by atoms with Crippen LogP contribution in [0, 0.1) is 0 Å². The predicted molar refractivity (Wildman–Crippen MR) is 73.9 cm³/mol. The number of hydrogen-bond acceptors (Lipinski definition) is 5. The molecular formula is C13H18N4O3. The average Bonchev–Trinajstić information content (AvgIpc) is 2.85.